The molecular formula is C25H27N2O3+. The molecule has 0 saturated carbocycles. The third kappa shape index (κ3) is 4.47. The van der Waals surface area contributed by atoms with E-state index in [1.165, 1.54) is 0 Å². The zero-order valence-corrected chi connectivity index (χ0v) is 17.1. The van der Waals surface area contributed by atoms with Gasteiger partial charge in [0.15, 0.2) is 6.04 Å². The van der Waals surface area contributed by atoms with E-state index >= 15 is 0 Å². The van der Waals surface area contributed by atoms with Gasteiger partial charge in [0, 0.05) is 12.0 Å². The van der Waals surface area contributed by atoms with Crippen LogP contribution in [0.1, 0.15) is 36.6 Å². The third-order valence-corrected chi connectivity index (χ3v) is 5.32. The van der Waals surface area contributed by atoms with E-state index in [4.69, 9.17) is 9.47 Å². The van der Waals surface area contributed by atoms with E-state index in [2.05, 4.69) is 16.7 Å². The Morgan fingerprint density at radius 3 is 2.63 bits per heavy atom. The van der Waals surface area contributed by atoms with Crippen molar-refractivity contribution in [3.8, 4) is 11.5 Å². The number of carbonyl (C=O) groups excluding carboxylic acids is 1. The quantitative estimate of drug-likeness (QED) is 0.630. The van der Waals surface area contributed by atoms with Gasteiger partial charge in [0.2, 0.25) is 0 Å². The molecule has 0 aliphatic carbocycles. The van der Waals surface area contributed by atoms with Crippen LogP contribution in [-0.2, 0) is 4.79 Å². The Balaban J connectivity index is 1.61. The smallest absolute Gasteiger partial charge is 0.287 e. The van der Waals surface area contributed by atoms with Crippen molar-refractivity contribution in [1.29, 1.82) is 0 Å². The lowest BCUT2D eigenvalue weighted by Crippen LogP contribution is -2.88. The highest BCUT2D eigenvalue weighted by Crippen LogP contribution is 2.30. The minimum atomic E-state index is -0.392. The zero-order valence-electron chi connectivity index (χ0n) is 17.1. The Hall–Kier alpha value is -3.31. The predicted octanol–water partition coefficient (Wildman–Crippen LogP) is 3.85. The van der Waals surface area contributed by atoms with E-state index in [-0.39, 0.29) is 11.9 Å². The largest absolute Gasteiger partial charge is 0.493 e. The molecular weight excluding hydrogens is 376 g/mol. The molecule has 5 nitrogen and oxygen atoms in total. The molecule has 4 rings (SSSR count). The first-order valence-corrected chi connectivity index (χ1v) is 10.4. The lowest BCUT2D eigenvalue weighted by atomic mass is 9.97. The Kier molecular flexibility index (Phi) is 6.30. The van der Waals surface area contributed by atoms with Crippen molar-refractivity contribution in [3.05, 3.63) is 90.0 Å². The number of nitrogens with two attached hydrogens (primary N) is 1. The minimum Gasteiger partial charge on any atom is -0.493 e. The average Bonchev–Trinajstić information content (AvgIpc) is 2.79. The number of rotatable bonds is 7. The molecule has 3 aromatic rings. The van der Waals surface area contributed by atoms with Gasteiger partial charge in [-0.25, -0.2) is 0 Å². The van der Waals surface area contributed by atoms with Gasteiger partial charge in [-0.3, -0.25) is 4.79 Å². The number of quaternary nitrogens is 1. The molecule has 3 aromatic carbocycles. The summed E-state index contributed by atoms with van der Waals surface area (Å²) in [7, 11) is 0. The van der Waals surface area contributed by atoms with Gasteiger partial charge in [-0.15, -0.1) is 0 Å². The molecule has 0 bridgehead atoms. The Bertz CT molecular complexity index is 990. The maximum absolute atomic E-state index is 13.4. The van der Waals surface area contributed by atoms with Gasteiger partial charge in [-0.1, -0.05) is 54.6 Å². The van der Waals surface area contributed by atoms with E-state index in [0.29, 0.717) is 24.7 Å². The fourth-order valence-corrected chi connectivity index (χ4v) is 3.87. The lowest BCUT2D eigenvalue weighted by molar-refractivity contribution is -0.723. The number of hydrogen-bond donors (Lipinski definition) is 2. The minimum absolute atomic E-state index is 0.0719. The van der Waals surface area contributed by atoms with Crippen molar-refractivity contribution in [3.63, 3.8) is 0 Å². The van der Waals surface area contributed by atoms with Crippen LogP contribution in [0.5, 0.6) is 11.5 Å². The second kappa shape index (κ2) is 9.46. The summed E-state index contributed by atoms with van der Waals surface area (Å²) in [5.41, 5.74) is 2.78. The Morgan fingerprint density at radius 1 is 1.07 bits per heavy atom. The maximum atomic E-state index is 13.4. The summed E-state index contributed by atoms with van der Waals surface area (Å²) in [5.74, 6) is 1.51. The zero-order chi connectivity index (χ0) is 20.8. The van der Waals surface area contributed by atoms with Gasteiger partial charge in [0.05, 0.1) is 24.5 Å². The number of benzene rings is 3. The van der Waals surface area contributed by atoms with Crippen LogP contribution >= 0.6 is 0 Å². The van der Waals surface area contributed by atoms with Gasteiger partial charge >= 0.3 is 0 Å². The molecule has 5 heteroatoms. The number of hydrogen-bond acceptors (Lipinski definition) is 3. The first-order chi connectivity index (χ1) is 14.8. The standard InChI is InChI=1S/C25H26N2O3/c1-2-29-23-15-9-7-13-21(23)27-25(28)24(18-10-4-3-5-11-18)26-20-16-17-30-22-14-8-6-12-19(20)22/h3-15,20,24,26H,2,16-17H2,1H3,(H,27,28)/p+1/t20-,24-/m0/s1. The highest BCUT2D eigenvalue weighted by Gasteiger charge is 2.32. The predicted molar refractivity (Wildman–Crippen MR) is 117 cm³/mol. The van der Waals surface area contributed by atoms with Crippen molar-refractivity contribution >= 4 is 11.6 Å². The van der Waals surface area contributed by atoms with E-state index < -0.39 is 6.04 Å². The van der Waals surface area contributed by atoms with Crippen molar-refractivity contribution in [2.75, 3.05) is 18.5 Å². The molecule has 0 aromatic heterocycles. The Labute approximate surface area is 177 Å². The number of anilines is 1. The SMILES string of the molecule is CCOc1ccccc1NC(=O)[C@@H]([NH2+][C@H]1CCOc2ccccc21)c1ccccc1. The van der Waals surface area contributed by atoms with E-state index in [1.54, 1.807) is 0 Å². The molecule has 0 fully saturated rings. The van der Waals surface area contributed by atoms with Crippen LogP contribution in [0.25, 0.3) is 0 Å². The molecule has 3 N–H and O–H groups in total. The van der Waals surface area contributed by atoms with Crippen LogP contribution in [0.15, 0.2) is 78.9 Å². The summed E-state index contributed by atoms with van der Waals surface area (Å²) >= 11 is 0. The molecule has 1 amide bonds. The third-order valence-electron chi connectivity index (χ3n) is 5.32. The van der Waals surface area contributed by atoms with Crippen LogP contribution in [0, 0.1) is 0 Å². The van der Waals surface area contributed by atoms with Gasteiger partial charge in [0.25, 0.3) is 5.91 Å². The van der Waals surface area contributed by atoms with E-state index in [9.17, 15) is 4.79 Å². The van der Waals surface area contributed by atoms with Crippen LogP contribution in [0.3, 0.4) is 0 Å². The van der Waals surface area contributed by atoms with E-state index in [0.717, 1.165) is 23.3 Å². The summed E-state index contributed by atoms with van der Waals surface area (Å²) in [6, 6.07) is 25.3. The topological polar surface area (TPSA) is 64.2 Å². The average molecular weight is 404 g/mol. The number of fused-ring (bicyclic) bond motifs is 1. The maximum Gasteiger partial charge on any atom is 0.287 e. The van der Waals surface area contributed by atoms with Gasteiger partial charge < -0.3 is 20.1 Å². The molecule has 0 saturated heterocycles. The normalized spacial score (nSPS) is 16.1. The van der Waals surface area contributed by atoms with E-state index in [1.807, 2.05) is 79.7 Å². The molecule has 1 aliphatic heterocycles. The first kappa shape index (κ1) is 20.0. The second-order valence-corrected chi connectivity index (χ2v) is 7.28. The van der Waals surface area contributed by atoms with Crippen LogP contribution < -0.4 is 20.1 Å². The molecule has 0 unspecified atom stereocenters. The molecule has 0 radical (unpaired) electrons. The van der Waals surface area contributed by atoms with Crippen LogP contribution in [0.4, 0.5) is 5.69 Å². The van der Waals surface area contributed by atoms with Crippen molar-refractivity contribution in [1.82, 2.24) is 0 Å². The van der Waals surface area contributed by atoms with Gasteiger partial charge in [-0.2, -0.15) is 0 Å². The van der Waals surface area contributed by atoms with Crippen molar-refractivity contribution < 1.29 is 19.6 Å². The number of ether oxygens (including phenoxy) is 2. The fourth-order valence-electron chi connectivity index (χ4n) is 3.87. The summed E-state index contributed by atoms with van der Waals surface area (Å²) in [6.07, 6.45) is 0.850. The molecule has 1 heterocycles. The molecule has 0 spiro atoms. The summed E-state index contributed by atoms with van der Waals surface area (Å²) < 4.78 is 11.5. The highest BCUT2D eigenvalue weighted by atomic mass is 16.5. The molecule has 1 aliphatic rings. The number of amides is 1. The van der Waals surface area contributed by atoms with Crippen LogP contribution in [-0.4, -0.2) is 19.1 Å². The van der Waals surface area contributed by atoms with Crippen molar-refractivity contribution in [2.45, 2.75) is 25.4 Å². The lowest BCUT2D eigenvalue weighted by Gasteiger charge is -2.27. The second-order valence-electron chi connectivity index (χ2n) is 7.28. The van der Waals surface area contributed by atoms with Gasteiger partial charge in [0.1, 0.15) is 17.5 Å². The van der Waals surface area contributed by atoms with Gasteiger partial charge in [-0.05, 0) is 31.2 Å². The summed E-state index contributed by atoms with van der Waals surface area (Å²) in [6.45, 7) is 3.12. The summed E-state index contributed by atoms with van der Waals surface area (Å²) in [5, 5.41) is 5.23. The van der Waals surface area contributed by atoms with Crippen molar-refractivity contribution in [2.24, 2.45) is 0 Å². The summed E-state index contributed by atoms with van der Waals surface area (Å²) in [4.78, 5) is 13.4. The number of nitrogens with one attached hydrogen (secondary N) is 1. The fraction of sp³-hybridized carbons (Fsp3) is 0.240. The molecule has 2 atom stereocenters. The van der Waals surface area contributed by atoms with Crippen LogP contribution in [0.2, 0.25) is 0 Å². The monoisotopic (exact) mass is 403 g/mol. The molecule has 154 valence electrons. The first-order valence-electron chi connectivity index (χ1n) is 10.4. The number of carbonyl (C=O) groups is 1. The Morgan fingerprint density at radius 2 is 1.80 bits per heavy atom. The molecule has 30 heavy (non-hydrogen) atoms. The highest BCUT2D eigenvalue weighted by molar-refractivity contribution is 5.95. The number of para-hydroxylation sites is 3.